The monoisotopic (exact) mass is 451 g/mol. The minimum Gasteiger partial charge on any atom is -0.389 e. The molecular weight excluding hydrogens is 422 g/mol. The largest absolute Gasteiger partial charge is 0.389 e. The van der Waals surface area contributed by atoms with Crippen LogP contribution in [0.3, 0.4) is 0 Å². The molecule has 2 aromatic heterocycles. The number of fused-ring (bicyclic) bond motifs is 1. The van der Waals surface area contributed by atoms with E-state index in [0.29, 0.717) is 22.2 Å². The molecule has 0 fully saturated rings. The van der Waals surface area contributed by atoms with Crippen molar-refractivity contribution in [2.45, 2.75) is 72.3 Å². The third kappa shape index (κ3) is 4.55. The van der Waals surface area contributed by atoms with Gasteiger partial charge in [-0.2, -0.15) is 8.93 Å². The van der Waals surface area contributed by atoms with Crippen LogP contribution in [0.15, 0.2) is 18.2 Å². The van der Waals surface area contributed by atoms with Gasteiger partial charge in [0.1, 0.15) is 10.8 Å². The topological polar surface area (TPSA) is 84.3 Å². The van der Waals surface area contributed by atoms with Gasteiger partial charge < -0.3 is 4.18 Å². The quantitative estimate of drug-likeness (QED) is 0.576. The Bertz CT molecular complexity index is 1090. The second kappa shape index (κ2) is 7.98. The number of nitrogens with zero attached hydrogens (tertiary/aromatic N) is 3. The van der Waals surface area contributed by atoms with Crippen molar-refractivity contribution in [3.63, 3.8) is 0 Å². The summed E-state index contributed by atoms with van der Waals surface area (Å²) in [7, 11) is 0. The summed E-state index contributed by atoms with van der Waals surface area (Å²) >= 11 is 4.71. The van der Waals surface area contributed by atoms with Crippen molar-refractivity contribution >= 4 is 28.5 Å². The first kappa shape index (κ1) is 22.8. The van der Waals surface area contributed by atoms with E-state index in [1.54, 1.807) is 4.52 Å². The number of nitrogens with one attached hydrogen (secondary N) is 2. The van der Waals surface area contributed by atoms with E-state index >= 15 is 0 Å². The van der Waals surface area contributed by atoms with Crippen molar-refractivity contribution in [1.82, 2.24) is 24.5 Å². The average molecular weight is 452 g/mol. The van der Waals surface area contributed by atoms with Crippen LogP contribution >= 0.6 is 11.6 Å². The maximum Gasteiger partial charge on any atom is 0.288 e. The lowest BCUT2D eigenvalue weighted by Crippen LogP contribution is -2.27. The molecule has 164 valence electrons. The van der Waals surface area contributed by atoms with Gasteiger partial charge in [-0.05, 0) is 36.5 Å². The molecule has 0 aliphatic heterocycles. The predicted octanol–water partition coefficient (Wildman–Crippen LogP) is 4.92. The van der Waals surface area contributed by atoms with E-state index < -0.39 is 17.3 Å². The summed E-state index contributed by atoms with van der Waals surface area (Å²) in [5, 5.41) is 12.2. The third-order valence-corrected chi connectivity index (χ3v) is 6.19. The van der Waals surface area contributed by atoms with Crippen molar-refractivity contribution in [2.75, 3.05) is 0 Å². The van der Waals surface area contributed by atoms with Gasteiger partial charge in [-0.25, -0.2) is 4.52 Å². The number of benzene rings is 1. The second-order valence-corrected chi connectivity index (χ2v) is 10.9. The zero-order chi connectivity index (χ0) is 22.4. The molecule has 0 radical (unpaired) electrons. The van der Waals surface area contributed by atoms with Crippen LogP contribution in [-0.4, -0.2) is 24.0 Å². The molecule has 0 amide bonds. The molecule has 0 saturated heterocycles. The highest BCUT2D eigenvalue weighted by molar-refractivity contribution is 7.78. The van der Waals surface area contributed by atoms with E-state index in [-0.39, 0.29) is 10.8 Å². The molecule has 30 heavy (non-hydrogen) atoms. The van der Waals surface area contributed by atoms with Crippen molar-refractivity contribution in [3.05, 3.63) is 45.9 Å². The normalized spacial score (nSPS) is 14.8. The van der Waals surface area contributed by atoms with E-state index in [0.717, 1.165) is 16.8 Å². The summed E-state index contributed by atoms with van der Waals surface area (Å²) in [4.78, 5) is 0. The highest BCUT2D eigenvalue weighted by Crippen LogP contribution is 2.32. The van der Waals surface area contributed by atoms with Crippen LogP contribution < -0.4 is 8.91 Å². The summed E-state index contributed by atoms with van der Waals surface area (Å²) in [6.45, 7) is 16.4. The third-order valence-electron chi connectivity index (χ3n) is 4.96. The first-order chi connectivity index (χ1) is 13.8. The van der Waals surface area contributed by atoms with Gasteiger partial charge in [-0.15, -0.1) is 10.2 Å². The first-order valence-corrected chi connectivity index (χ1v) is 11.3. The minimum absolute atomic E-state index is 0.0290. The molecular formula is C21H30ClN5O2S. The standard InChI is InChI=1S/C21H30ClN5O2S/c1-12-9-10-14(20(3,4)5)11-15(12)29-30(28)26-13(2)18-23-24-19-16(22)17(21(6,7)8)25-27(18)19/h9-11,13,25-26H,1-8H3. The Balaban J connectivity index is 1.80. The fraction of sp³-hybridized carbons (Fsp3) is 0.524. The van der Waals surface area contributed by atoms with Crippen LogP contribution in [0, 0.1) is 6.92 Å². The number of hydrogen-bond donors (Lipinski definition) is 2. The predicted molar refractivity (Wildman–Crippen MR) is 121 cm³/mol. The van der Waals surface area contributed by atoms with Crippen molar-refractivity contribution in [3.8, 4) is 5.75 Å². The molecule has 3 rings (SSSR count). The molecule has 0 bridgehead atoms. The molecule has 3 aromatic rings. The summed E-state index contributed by atoms with van der Waals surface area (Å²) in [5.41, 5.74) is 3.25. The lowest BCUT2D eigenvalue weighted by molar-refractivity contribution is 0.518. The van der Waals surface area contributed by atoms with Gasteiger partial charge in [0.15, 0.2) is 11.5 Å². The van der Waals surface area contributed by atoms with Crippen LogP contribution in [0.5, 0.6) is 5.75 Å². The van der Waals surface area contributed by atoms with E-state index in [9.17, 15) is 4.21 Å². The molecule has 2 unspecified atom stereocenters. The maximum absolute atomic E-state index is 12.7. The summed E-state index contributed by atoms with van der Waals surface area (Å²) in [6.07, 6.45) is 0. The molecule has 2 heterocycles. The van der Waals surface area contributed by atoms with Crippen molar-refractivity contribution in [2.24, 2.45) is 0 Å². The number of aromatic amines is 1. The van der Waals surface area contributed by atoms with E-state index in [2.05, 4.69) is 67.6 Å². The summed E-state index contributed by atoms with van der Waals surface area (Å²) in [6, 6.07) is 5.59. The molecule has 2 atom stereocenters. The zero-order valence-corrected chi connectivity index (χ0v) is 20.3. The van der Waals surface area contributed by atoms with Crippen LogP contribution in [-0.2, 0) is 22.1 Å². The number of halogens is 1. The average Bonchev–Trinajstić information content (AvgIpc) is 3.16. The summed E-state index contributed by atoms with van der Waals surface area (Å²) in [5.74, 6) is 1.16. The molecule has 2 N–H and O–H groups in total. The molecule has 0 saturated carbocycles. The lowest BCUT2D eigenvalue weighted by atomic mass is 9.86. The highest BCUT2D eigenvalue weighted by Gasteiger charge is 2.26. The maximum atomic E-state index is 12.7. The van der Waals surface area contributed by atoms with E-state index in [1.165, 1.54) is 0 Å². The van der Waals surface area contributed by atoms with Gasteiger partial charge in [0.25, 0.3) is 11.3 Å². The van der Waals surface area contributed by atoms with E-state index in [4.69, 9.17) is 15.8 Å². The van der Waals surface area contributed by atoms with Crippen LogP contribution in [0.2, 0.25) is 5.02 Å². The highest BCUT2D eigenvalue weighted by atomic mass is 35.5. The molecule has 9 heteroatoms. The molecule has 1 aromatic carbocycles. The molecule has 0 spiro atoms. The Labute approximate surface area is 185 Å². The molecule has 7 nitrogen and oxygen atoms in total. The lowest BCUT2D eigenvalue weighted by Gasteiger charge is -2.20. The number of H-pyrrole nitrogens is 1. The van der Waals surface area contributed by atoms with Gasteiger partial charge in [0, 0.05) is 5.41 Å². The SMILES string of the molecule is Cc1ccc(C(C)(C)C)cc1OS(=O)NC(C)c1nnc2c(Cl)c(C(C)(C)C)[nH]n12. The van der Waals surface area contributed by atoms with Crippen LogP contribution in [0.4, 0.5) is 0 Å². The number of aromatic nitrogens is 4. The van der Waals surface area contributed by atoms with Gasteiger partial charge in [0.05, 0.1) is 11.7 Å². The fourth-order valence-electron chi connectivity index (χ4n) is 3.06. The second-order valence-electron chi connectivity index (χ2n) is 9.66. The van der Waals surface area contributed by atoms with Gasteiger partial charge >= 0.3 is 0 Å². The number of rotatable bonds is 5. The molecule has 0 aliphatic rings. The zero-order valence-electron chi connectivity index (χ0n) is 18.8. The van der Waals surface area contributed by atoms with Crippen molar-refractivity contribution in [1.29, 1.82) is 0 Å². The van der Waals surface area contributed by atoms with Crippen LogP contribution in [0.25, 0.3) is 5.65 Å². The minimum atomic E-state index is -1.77. The Morgan fingerprint density at radius 2 is 1.83 bits per heavy atom. The Kier molecular flexibility index (Phi) is 6.06. The number of hydrogen-bond acceptors (Lipinski definition) is 4. The van der Waals surface area contributed by atoms with Crippen LogP contribution in [0.1, 0.15) is 77.2 Å². The van der Waals surface area contributed by atoms with Gasteiger partial charge in [0.2, 0.25) is 0 Å². The van der Waals surface area contributed by atoms with Gasteiger partial charge in [-0.3, -0.25) is 5.10 Å². The Hall–Kier alpha value is -1.90. The number of aryl methyl sites for hydroxylation is 1. The Morgan fingerprint density at radius 3 is 2.43 bits per heavy atom. The van der Waals surface area contributed by atoms with Crippen molar-refractivity contribution < 1.29 is 8.39 Å². The fourth-order valence-corrected chi connectivity index (χ4v) is 4.29. The first-order valence-electron chi connectivity index (χ1n) is 9.89. The van der Waals surface area contributed by atoms with E-state index in [1.807, 2.05) is 26.0 Å². The summed E-state index contributed by atoms with van der Waals surface area (Å²) < 4.78 is 23.1. The van der Waals surface area contributed by atoms with Gasteiger partial charge in [-0.1, -0.05) is 65.3 Å². The smallest absolute Gasteiger partial charge is 0.288 e. The Morgan fingerprint density at radius 1 is 1.17 bits per heavy atom. The molecule has 0 aliphatic carbocycles.